The smallest absolute Gasteiger partial charge is 0.433 e. The van der Waals surface area contributed by atoms with Crippen molar-refractivity contribution >= 4 is 45.3 Å². The Bertz CT molecular complexity index is 2350. The molecule has 0 bridgehead atoms. The number of aromatic nitrogens is 5. The number of carbonyl (C=O) groups excluding carboxylic acids is 3. The number of likely N-dealkylation sites (tertiary alicyclic amines) is 1. The van der Waals surface area contributed by atoms with E-state index in [9.17, 15) is 32.3 Å². The molecule has 2 N–H and O–H groups in total. The van der Waals surface area contributed by atoms with Gasteiger partial charge in [-0.1, -0.05) is 18.2 Å². The Morgan fingerprint density at radius 3 is 2.52 bits per heavy atom. The monoisotopic (exact) mass is 744 g/mol. The molecular formula is C38H39F3N8O5. The van der Waals surface area contributed by atoms with Crippen LogP contribution in [0.4, 0.5) is 18.9 Å². The number of para-hydroxylation sites is 1. The minimum Gasteiger partial charge on any atom is -0.494 e. The van der Waals surface area contributed by atoms with Gasteiger partial charge < -0.3 is 15.0 Å². The highest BCUT2D eigenvalue weighted by atomic mass is 19.4. The second-order valence-electron chi connectivity index (χ2n) is 14.5. The number of imidazole rings is 1. The number of halogens is 3. The van der Waals surface area contributed by atoms with Crippen molar-refractivity contribution in [3.63, 3.8) is 0 Å². The van der Waals surface area contributed by atoms with Crippen LogP contribution in [0.3, 0.4) is 0 Å². The van der Waals surface area contributed by atoms with Gasteiger partial charge in [0.2, 0.25) is 11.8 Å². The van der Waals surface area contributed by atoms with Gasteiger partial charge in [-0.3, -0.25) is 33.5 Å². The van der Waals surface area contributed by atoms with Crippen molar-refractivity contribution in [3.8, 4) is 5.75 Å². The summed E-state index contributed by atoms with van der Waals surface area (Å²) in [5.74, 6) is -0.435. The van der Waals surface area contributed by atoms with Gasteiger partial charge >= 0.3 is 11.9 Å². The Morgan fingerprint density at radius 2 is 1.80 bits per heavy atom. The molecule has 2 aliphatic heterocycles. The lowest BCUT2D eigenvalue weighted by atomic mass is 9.79. The SMILES string of the molecule is COc1cc2nn(C3CC(CN4CCC(c5cccc6c5n(C)c(=O)n6C5CCC(=O)NC5=O)CC4)C3)cc2cc1NC(=O)c1cccc(C(F)(F)F)n1. The van der Waals surface area contributed by atoms with Gasteiger partial charge in [0, 0.05) is 37.7 Å². The first-order valence-electron chi connectivity index (χ1n) is 18.1. The number of rotatable bonds is 8. The first kappa shape index (κ1) is 35.5. The molecule has 16 heteroatoms. The highest BCUT2D eigenvalue weighted by Crippen LogP contribution is 2.41. The number of alkyl halides is 3. The van der Waals surface area contributed by atoms with Gasteiger partial charge in [0.25, 0.3) is 5.91 Å². The van der Waals surface area contributed by atoms with Gasteiger partial charge in [-0.05, 0) is 86.9 Å². The predicted molar refractivity (Wildman–Crippen MR) is 192 cm³/mol. The molecule has 0 spiro atoms. The number of nitrogens with one attached hydrogen (secondary N) is 2. The van der Waals surface area contributed by atoms with Crippen molar-refractivity contribution < 1.29 is 32.3 Å². The van der Waals surface area contributed by atoms with E-state index in [1.807, 2.05) is 23.0 Å². The summed E-state index contributed by atoms with van der Waals surface area (Å²) in [5, 5.41) is 10.5. The van der Waals surface area contributed by atoms with Crippen LogP contribution in [0, 0.1) is 5.92 Å². The van der Waals surface area contributed by atoms with Crippen LogP contribution in [0.15, 0.2) is 59.5 Å². The number of fused-ring (bicyclic) bond motifs is 2. The lowest BCUT2D eigenvalue weighted by Gasteiger charge is -2.41. The van der Waals surface area contributed by atoms with Crippen LogP contribution in [0.25, 0.3) is 21.9 Å². The van der Waals surface area contributed by atoms with Crippen molar-refractivity contribution in [1.29, 1.82) is 0 Å². The highest BCUT2D eigenvalue weighted by molar-refractivity contribution is 6.05. The quantitative estimate of drug-likeness (QED) is 0.207. The first-order valence-corrected chi connectivity index (χ1v) is 18.1. The molecule has 3 fully saturated rings. The van der Waals surface area contributed by atoms with E-state index < -0.39 is 29.7 Å². The lowest BCUT2D eigenvalue weighted by molar-refractivity contribution is -0.141. The minimum atomic E-state index is -4.67. The zero-order valence-corrected chi connectivity index (χ0v) is 29.7. The average molecular weight is 745 g/mol. The Balaban J connectivity index is 0.887. The van der Waals surface area contributed by atoms with E-state index in [2.05, 4.69) is 26.6 Å². The summed E-state index contributed by atoms with van der Waals surface area (Å²) in [7, 11) is 3.19. The average Bonchev–Trinajstić information content (AvgIpc) is 3.66. The third-order valence-electron chi connectivity index (χ3n) is 11.1. The summed E-state index contributed by atoms with van der Waals surface area (Å²) in [6.45, 7) is 2.84. The molecule has 2 aromatic carbocycles. The van der Waals surface area contributed by atoms with E-state index in [1.165, 1.54) is 13.2 Å². The number of benzene rings is 2. The normalized spacial score (nSPS) is 21.3. The maximum atomic E-state index is 13.4. The van der Waals surface area contributed by atoms with Crippen molar-refractivity contribution in [3.05, 3.63) is 82.2 Å². The summed E-state index contributed by atoms with van der Waals surface area (Å²) in [5.41, 5.74) is 1.88. The molecule has 5 heterocycles. The second kappa shape index (κ2) is 13.7. The number of pyridine rings is 1. The van der Waals surface area contributed by atoms with Gasteiger partial charge in [0.1, 0.15) is 23.2 Å². The summed E-state index contributed by atoms with van der Waals surface area (Å²) in [6, 6.07) is 12.0. The molecule has 54 heavy (non-hydrogen) atoms. The zero-order chi connectivity index (χ0) is 37.9. The number of nitrogens with zero attached hydrogens (tertiary/aromatic N) is 6. The number of aryl methyl sites for hydroxylation is 1. The lowest BCUT2D eigenvalue weighted by Crippen LogP contribution is -2.44. The molecule has 13 nitrogen and oxygen atoms in total. The topological polar surface area (TPSA) is 145 Å². The second-order valence-corrected chi connectivity index (χ2v) is 14.5. The zero-order valence-electron chi connectivity index (χ0n) is 29.7. The fourth-order valence-electron chi connectivity index (χ4n) is 8.32. The highest BCUT2D eigenvalue weighted by Gasteiger charge is 2.36. The third-order valence-corrected chi connectivity index (χ3v) is 11.1. The standard InChI is InChI=1S/C38H39F3N8O5/c1-46-34-25(5-3-7-29(34)49(37(46)53)30-9-10-33(50)44-36(30)52)22-11-13-47(14-12-22)19-21-15-24(16-21)48-20-23-17-28(31(54-2)18-27(23)45-48)43-35(51)26-6-4-8-32(42-26)38(39,40)41/h3-8,17-18,20-22,24,30H,9-16,19H2,1-2H3,(H,43,51)(H,44,50,52). The number of hydrogen-bond donors (Lipinski definition) is 2. The van der Waals surface area contributed by atoms with Crippen LogP contribution < -0.4 is 21.1 Å². The number of amides is 3. The molecule has 1 unspecified atom stereocenters. The van der Waals surface area contributed by atoms with Gasteiger partial charge in [-0.2, -0.15) is 18.3 Å². The van der Waals surface area contributed by atoms with Crippen molar-refractivity contribution in [2.45, 2.75) is 62.7 Å². The van der Waals surface area contributed by atoms with E-state index in [4.69, 9.17) is 9.84 Å². The van der Waals surface area contributed by atoms with E-state index in [-0.39, 0.29) is 35.7 Å². The van der Waals surface area contributed by atoms with Crippen LogP contribution in [0.5, 0.6) is 5.75 Å². The third kappa shape index (κ3) is 6.52. The number of imide groups is 1. The summed E-state index contributed by atoms with van der Waals surface area (Å²) in [6.07, 6.45) is 1.56. The van der Waals surface area contributed by atoms with E-state index in [1.54, 1.807) is 28.3 Å². The number of methoxy groups -OCH3 is 1. The molecule has 5 aromatic rings. The predicted octanol–water partition coefficient (Wildman–Crippen LogP) is 5.17. The minimum absolute atomic E-state index is 0.199. The van der Waals surface area contributed by atoms with Crippen molar-refractivity contribution in [1.82, 2.24) is 34.1 Å². The van der Waals surface area contributed by atoms with E-state index in [0.29, 0.717) is 29.3 Å². The van der Waals surface area contributed by atoms with Crippen LogP contribution in [-0.2, 0) is 22.8 Å². The Hall–Kier alpha value is -5.51. The maximum Gasteiger partial charge on any atom is 0.433 e. The van der Waals surface area contributed by atoms with Crippen LogP contribution >= 0.6 is 0 Å². The molecule has 2 saturated heterocycles. The number of ether oxygens (including phenoxy) is 1. The van der Waals surface area contributed by atoms with Crippen molar-refractivity contribution in [2.24, 2.45) is 13.0 Å². The largest absolute Gasteiger partial charge is 0.494 e. The number of hydrogen-bond acceptors (Lipinski definition) is 8. The fourth-order valence-corrected chi connectivity index (χ4v) is 8.32. The summed E-state index contributed by atoms with van der Waals surface area (Å²) in [4.78, 5) is 56.7. The number of carbonyl (C=O) groups is 3. The molecule has 3 aliphatic rings. The molecular weight excluding hydrogens is 705 g/mol. The van der Waals surface area contributed by atoms with E-state index in [0.717, 1.165) is 79.4 Å². The molecule has 3 amide bonds. The number of anilines is 1. The summed E-state index contributed by atoms with van der Waals surface area (Å²) < 4.78 is 50.0. The number of piperidine rings is 2. The van der Waals surface area contributed by atoms with Gasteiger partial charge in [0.15, 0.2) is 0 Å². The molecule has 1 atom stereocenters. The van der Waals surface area contributed by atoms with Gasteiger partial charge in [0.05, 0.1) is 35.4 Å². The maximum absolute atomic E-state index is 13.4. The Kier molecular flexibility index (Phi) is 9.02. The molecule has 282 valence electrons. The van der Waals surface area contributed by atoms with E-state index >= 15 is 0 Å². The molecule has 1 aliphatic carbocycles. The van der Waals surface area contributed by atoms with Crippen LogP contribution in [0.2, 0.25) is 0 Å². The Labute approximate surface area is 307 Å². The molecule has 1 saturated carbocycles. The molecule has 0 radical (unpaired) electrons. The summed E-state index contributed by atoms with van der Waals surface area (Å²) >= 11 is 0. The van der Waals surface area contributed by atoms with Crippen LogP contribution in [0.1, 0.15) is 78.3 Å². The molecule has 3 aromatic heterocycles. The first-order chi connectivity index (χ1) is 25.9. The fraction of sp³-hybridized carbons (Fsp3) is 0.421. The van der Waals surface area contributed by atoms with Gasteiger partial charge in [-0.15, -0.1) is 0 Å². The molecule has 8 rings (SSSR count). The Morgan fingerprint density at radius 1 is 1.04 bits per heavy atom. The van der Waals surface area contributed by atoms with Crippen LogP contribution in [-0.4, -0.2) is 73.3 Å². The van der Waals surface area contributed by atoms with Gasteiger partial charge in [-0.25, -0.2) is 9.78 Å². The van der Waals surface area contributed by atoms with Crippen molar-refractivity contribution in [2.75, 3.05) is 32.1 Å².